The third-order valence-electron chi connectivity index (χ3n) is 1.52. The van der Waals surface area contributed by atoms with Gasteiger partial charge < -0.3 is 10.8 Å². The molecule has 0 aliphatic heterocycles. The molecule has 0 bridgehead atoms. The summed E-state index contributed by atoms with van der Waals surface area (Å²) in [4.78, 5) is 1.46. The van der Waals surface area contributed by atoms with Crippen LogP contribution in [0.15, 0.2) is 0 Å². The quantitative estimate of drug-likeness (QED) is 0.611. The summed E-state index contributed by atoms with van der Waals surface area (Å²) < 4.78 is 0. The molecular formula is C6H13N5O. The fourth-order valence-electron chi connectivity index (χ4n) is 0.806. The molecule has 0 amide bonds. The minimum Gasteiger partial charge on any atom is -0.396 e. The van der Waals surface area contributed by atoms with Crippen molar-refractivity contribution in [3.63, 3.8) is 0 Å². The van der Waals surface area contributed by atoms with Crippen LogP contribution >= 0.6 is 0 Å². The summed E-state index contributed by atoms with van der Waals surface area (Å²) in [7, 11) is 0. The van der Waals surface area contributed by atoms with E-state index in [9.17, 15) is 0 Å². The first-order valence-electron chi connectivity index (χ1n) is 3.92. The normalized spacial score (nSPS) is 13.2. The lowest BCUT2D eigenvalue weighted by Gasteiger charge is -2.01. The van der Waals surface area contributed by atoms with Gasteiger partial charge in [-0.2, -0.15) is 4.80 Å². The predicted octanol–water partition coefficient (Wildman–Crippen LogP) is -0.925. The molecule has 68 valence electrons. The van der Waals surface area contributed by atoms with E-state index >= 15 is 0 Å². The van der Waals surface area contributed by atoms with Gasteiger partial charge in [0.05, 0.1) is 12.6 Å². The highest BCUT2D eigenvalue weighted by molar-refractivity contribution is 4.86. The number of nitrogens with two attached hydrogens (primary N) is 1. The van der Waals surface area contributed by atoms with Crippen molar-refractivity contribution in [2.75, 3.05) is 6.61 Å². The minimum absolute atomic E-state index is 0.0435. The molecule has 6 heteroatoms. The number of tetrazole rings is 1. The monoisotopic (exact) mass is 171 g/mol. The van der Waals surface area contributed by atoms with Gasteiger partial charge in [-0.3, -0.25) is 0 Å². The number of hydrogen-bond acceptors (Lipinski definition) is 5. The second kappa shape index (κ2) is 4.13. The van der Waals surface area contributed by atoms with Crippen LogP contribution in [0.1, 0.15) is 25.2 Å². The van der Waals surface area contributed by atoms with Crippen LogP contribution in [0.4, 0.5) is 0 Å². The molecule has 0 fully saturated rings. The van der Waals surface area contributed by atoms with Gasteiger partial charge in [0.2, 0.25) is 0 Å². The van der Waals surface area contributed by atoms with Crippen LogP contribution in [0.5, 0.6) is 0 Å². The van der Waals surface area contributed by atoms with Crippen LogP contribution in [0.2, 0.25) is 0 Å². The Morgan fingerprint density at radius 1 is 1.67 bits per heavy atom. The fourth-order valence-corrected chi connectivity index (χ4v) is 0.806. The number of aryl methyl sites for hydroxylation is 1. The first kappa shape index (κ1) is 9.08. The Morgan fingerprint density at radius 2 is 2.42 bits per heavy atom. The molecule has 0 aromatic carbocycles. The van der Waals surface area contributed by atoms with Gasteiger partial charge >= 0.3 is 0 Å². The van der Waals surface area contributed by atoms with E-state index in [2.05, 4.69) is 15.4 Å². The SMILES string of the molecule is CCn1nnc(C(N)CCO)n1. The van der Waals surface area contributed by atoms with E-state index in [1.165, 1.54) is 4.80 Å². The van der Waals surface area contributed by atoms with Crippen molar-refractivity contribution < 1.29 is 5.11 Å². The molecule has 1 atom stereocenters. The summed E-state index contributed by atoms with van der Waals surface area (Å²) in [6.07, 6.45) is 0.468. The average molecular weight is 171 g/mol. The Hall–Kier alpha value is -1.01. The van der Waals surface area contributed by atoms with E-state index in [4.69, 9.17) is 10.8 Å². The Morgan fingerprint density at radius 3 is 2.92 bits per heavy atom. The van der Waals surface area contributed by atoms with Gasteiger partial charge in [0.1, 0.15) is 0 Å². The second-order valence-corrected chi connectivity index (χ2v) is 2.45. The molecular weight excluding hydrogens is 158 g/mol. The van der Waals surface area contributed by atoms with Crippen LogP contribution in [0, 0.1) is 0 Å². The zero-order chi connectivity index (χ0) is 8.97. The van der Waals surface area contributed by atoms with Gasteiger partial charge in [-0.05, 0) is 18.6 Å². The summed E-state index contributed by atoms with van der Waals surface area (Å²) in [5.74, 6) is 0.492. The molecule has 1 unspecified atom stereocenters. The minimum atomic E-state index is -0.310. The van der Waals surface area contributed by atoms with E-state index in [0.29, 0.717) is 18.8 Å². The van der Waals surface area contributed by atoms with Gasteiger partial charge in [0.15, 0.2) is 5.82 Å². The van der Waals surface area contributed by atoms with Crippen molar-refractivity contribution in [2.24, 2.45) is 5.73 Å². The van der Waals surface area contributed by atoms with Crippen molar-refractivity contribution in [3.05, 3.63) is 5.82 Å². The van der Waals surface area contributed by atoms with Crippen LogP contribution in [-0.2, 0) is 6.54 Å². The Labute approximate surface area is 70.4 Å². The summed E-state index contributed by atoms with van der Waals surface area (Å²) in [6, 6.07) is -0.310. The van der Waals surface area contributed by atoms with E-state index < -0.39 is 0 Å². The number of aliphatic hydroxyl groups is 1. The number of rotatable bonds is 4. The Bertz CT molecular complexity index is 236. The third kappa shape index (κ3) is 1.99. The molecule has 0 saturated heterocycles. The largest absolute Gasteiger partial charge is 0.396 e. The molecule has 1 aromatic rings. The Balaban J connectivity index is 2.61. The highest BCUT2D eigenvalue weighted by atomic mass is 16.3. The number of aromatic nitrogens is 4. The molecule has 0 radical (unpaired) electrons. The second-order valence-electron chi connectivity index (χ2n) is 2.45. The summed E-state index contributed by atoms with van der Waals surface area (Å²) in [6.45, 7) is 2.64. The predicted molar refractivity (Wildman–Crippen MR) is 42.1 cm³/mol. The van der Waals surface area contributed by atoms with Crippen molar-refractivity contribution in [1.82, 2.24) is 20.2 Å². The lowest BCUT2D eigenvalue weighted by atomic mass is 10.2. The smallest absolute Gasteiger partial charge is 0.191 e. The van der Waals surface area contributed by atoms with Crippen molar-refractivity contribution >= 4 is 0 Å². The fraction of sp³-hybridized carbons (Fsp3) is 0.833. The number of nitrogens with zero attached hydrogens (tertiary/aromatic N) is 4. The molecule has 0 saturated carbocycles. The van der Waals surface area contributed by atoms with E-state index in [0.717, 1.165) is 0 Å². The van der Waals surface area contributed by atoms with Crippen LogP contribution < -0.4 is 5.73 Å². The molecule has 0 aliphatic carbocycles. The maximum absolute atomic E-state index is 8.60. The first-order chi connectivity index (χ1) is 5.77. The highest BCUT2D eigenvalue weighted by Gasteiger charge is 2.10. The van der Waals surface area contributed by atoms with Gasteiger partial charge in [0, 0.05) is 6.61 Å². The third-order valence-corrected chi connectivity index (χ3v) is 1.52. The molecule has 6 nitrogen and oxygen atoms in total. The van der Waals surface area contributed by atoms with E-state index in [1.54, 1.807) is 0 Å². The van der Waals surface area contributed by atoms with Crippen molar-refractivity contribution in [3.8, 4) is 0 Å². The lowest BCUT2D eigenvalue weighted by Crippen LogP contribution is -2.14. The average Bonchev–Trinajstić information content (AvgIpc) is 2.52. The highest BCUT2D eigenvalue weighted by Crippen LogP contribution is 2.05. The van der Waals surface area contributed by atoms with Crippen LogP contribution in [0.25, 0.3) is 0 Å². The molecule has 0 aliphatic rings. The van der Waals surface area contributed by atoms with Gasteiger partial charge in [-0.1, -0.05) is 0 Å². The lowest BCUT2D eigenvalue weighted by molar-refractivity contribution is 0.274. The number of aliphatic hydroxyl groups excluding tert-OH is 1. The molecule has 1 heterocycles. The molecule has 3 N–H and O–H groups in total. The topological polar surface area (TPSA) is 89.9 Å². The van der Waals surface area contributed by atoms with E-state index in [-0.39, 0.29) is 12.6 Å². The summed E-state index contributed by atoms with van der Waals surface area (Å²) in [5, 5.41) is 20.1. The molecule has 1 aromatic heterocycles. The van der Waals surface area contributed by atoms with E-state index in [1.807, 2.05) is 6.92 Å². The van der Waals surface area contributed by atoms with Crippen molar-refractivity contribution in [2.45, 2.75) is 25.9 Å². The van der Waals surface area contributed by atoms with Gasteiger partial charge in [-0.15, -0.1) is 10.2 Å². The van der Waals surface area contributed by atoms with Crippen LogP contribution in [-0.4, -0.2) is 31.9 Å². The standard InChI is InChI=1S/C6H13N5O/c1-2-11-9-6(8-10-11)5(7)3-4-12/h5,12H,2-4,7H2,1H3. The van der Waals surface area contributed by atoms with Gasteiger partial charge in [-0.25, -0.2) is 0 Å². The van der Waals surface area contributed by atoms with Gasteiger partial charge in [0.25, 0.3) is 0 Å². The summed E-state index contributed by atoms with van der Waals surface area (Å²) in [5.41, 5.74) is 5.64. The Kier molecular flexibility index (Phi) is 3.12. The maximum atomic E-state index is 8.60. The first-order valence-corrected chi connectivity index (χ1v) is 3.92. The molecule has 12 heavy (non-hydrogen) atoms. The summed E-state index contributed by atoms with van der Waals surface area (Å²) >= 11 is 0. The molecule has 1 rings (SSSR count). The maximum Gasteiger partial charge on any atom is 0.191 e. The molecule has 0 spiro atoms. The zero-order valence-corrected chi connectivity index (χ0v) is 7.01. The van der Waals surface area contributed by atoms with Crippen molar-refractivity contribution in [1.29, 1.82) is 0 Å². The zero-order valence-electron chi connectivity index (χ0n) is 7.01. The number of hydrogen-bond donors (Lipinski definition) is 2. The van der Waals surface area contributed by atoms with Crippen LogP contribution in [0.3, 0.4) is 0 Å².